The molecule has 0 aliphatic carbocycles. The molecule has 1 unspecified atom stereocenters. The normalized spacial score (nSPS) is 17.1. The highest BCUT2D eigenvalue weighted by Crippen LogP contribution is 2.34. The van der Waals surface area contributed by atoms with Gasteiger partial charge in [-0.05, 0) is 30.7 Å². The van der Waals surface area contributed by atoms with Crippen molar-refractivity contribution in [3.05, 3.63) is 48.7 Å². The Morgan fingerprint density at radius 1 is 1.31 bits per heavy atom. The zero-order chi connectivity index (χ0) is 22.1. The summed E-state index contributed by atoms with van der Waals surface area (Å²) in [5.41, 5.74) is 2.19. The van der Waals surface area contributed by atoms with Crippen molar-refractivity contribution in [3.8, 4) is 28.4 Å². The fourth-order valence-electron chi connectivity index (χ4n) is 3.54. The molecule has 10 nitrogen and oxygen atoms in total. The summed E-state index contributed by atoms with van der Waals surface area (Å²) in [4.78, 5) is 13.4. The lowest BCUT2D eigenvalue weighted by atomic mass is 10.1. The summed E-state index contributed by atoms with van der Waals surface area (Å²) in [6.45, 7) is 2.61. The molecule has 5 rings (SSSR count). The number of nitrogens with zero attached hydrogens (tertiary/aromatic N) is 5. The van der Waals surface area contributed by atoms with Crippen molar-refractivity contribution in [3.63, 3.8) is 0 Å². The van der Waals surface area contributed by atoms with E-state index in [1.807, 2.05) is 4.31 Å². The molecular formula is C20H20FN7O3S. The van der Waals surface area contributed by atoms with Crippen LogP contribution in [0.2, 0.25) is 0 Å². The van der Waals surface area contributed by atoms with Crippen LogP contribution in [0.3, 0.4) is 0 Å². The van der Waals surface area contributed by atoms with Gasteiger partial charge in [-0.2, -0.15) is 4.98 Å². The van der Waals surface area contributed by atoms with E-state index in [2.05, 4.69) is 25.0 Å². The fraction of sp³-hybridized carbons (Fsp3) is 0.250. The number of anilines is 1. The molecule has 0 saturated carbocycles. The molecular weight excluding hydrogens is 437 g/mol. The van der Waals surface area contributed by atoms with Crippen LogP contribution in [0.1, 0.15) is 6.42 Å². The molecule has 3 aromatic heterocycles. The second-order valence-electron chi connectivity index (χ2n) is 7.15. The predicted octanol–water partition coefficient (Wildman–Crippen LogP) is 2.18. The molecule has 4 aromatic rings. The van der Waals surface area contributed by atoms with Crippen molar-refractivity contribution < 1.29 is 18.5 Å². The molecule has 32 heavy (non-hydrogen) atoms. The second-order valence-corrected chi connectivity index (χ2v) is 8.45. The number of benzene rings is 1. The molecule has 1 aromatic carbocycles. The number of phenolic OH excluding ortho intramolecular Hbond substituents is 1. The lowest BCUT2D eigenvalue weighted by Gasteiger charge is -2.27. The standard InChI is InChI=1S/C20H20FN7O3S/c21-14-3-2-13(12-16(14)29)17-18(28-10-11-31-20(28)26-17)15-4-6-22-19(25-15)23-7-9-27-8-1-5-24-32(27)30/h2-4,6,10-12,24,29H,1,5,7-9H2,(H,22,23,25). The van der Waals surface area contributed by atoms with E-state index in [1.54, 1.807) is 22.9 Å². The van der Waals surface area contributed by atoms with Gasteiger partial charge in [0.25, 0.3) is 0 Å². The summed E-state index contributed by atoms with van der Waals surface area (Å²) in [5, 5.41) is 13.0. The lowest BCUT2D eigenvalue weighted by Crippen LogP contribution is -2.48. The van der Waals surface area contributed by atoms with Crippen molar-refractivity contribution in [2.45, 2.75) is 6.42 Å². The molecule has 1 aliphatic heterocycles. The third-order valence-corrected chi connectivity index (χ3v) is 6.35. The van der Waals surface area contributed by atoms with E-state index in [0.29, 0.717) is 47.5 Å². The third-order valence-electron chi connectivity index (χ3n) is 5.07. The Bertz CT molecular complexity index is 1250. The zero-order valence-corrected chi connectivity index (χ0v) is 17.7. The van der Waals surface area contributed by atoms with E-state index < -0.39 is 23.1 Å². The van der Waals surface area contributed by atoms with Crippen LogP contribution >= 0.6 is 0 Å². The SMILES string of the molecule is [O-][S+]1NCCCN1CCNc1nccc(-c2c(-c3ccc(F)c(O)c3)nc3occn23)n1. The van der Waals surface area contributed by atoms with E-state index in [0.717, 1.165) is 19.5 Å². The minimum absolute atomic E-state index is 0.340. The van der Waals surface area contributed by atoms with Crippen LogP contribution in [-0.2, 0) is 11.5 Å². The summed E-state index contributed by atoms with van der Waals surface area (Å²) in [6, 6.07) is 5.77. The highest BCUT2D eigenvalue weighted by molar-refractivity contribution is 7.87. The van der Waals surface area contributed by atoms with Gasteiger partial charge in [0.05, 0.1) is 12.2 Å². The molecule has 1 atom stereocenters. The van der Waals surface area contributed by atoms with Gasteiger partial charge in [-0.15, -0.1) is 9.03 Å². The van der Waals surface area contributed by atoms with Gasteiger partial charge in [0.15, 0.2) is 11.6 Å². The molecule has 3 N–H and O–H groups in total. The number of imidazole rings is 1. The number of hydrogen-bond donors (Lipinski definition) is 3. The lowest BCUT2D eigenvalue weighted by molar-refractivity contribution is 0.383. The zero-order valence-electron chi connectivity index (χ0n) is 16.9. The van der Waals surface area contributed by atoms with Crippen LogP contribution < -0.4 is 10.0 Å². The third kappa shape index (κ3) is 4.00. The predicted molar refractivity (Wildman–Crippen MR) is 116 cm³/mol. The van der Waals surface area contributed by atoms with E-state index in [9.17, 15) is 14.0 Å². The molecule has 1 fully saturated rings. The van der Waals surface area contributed by atoms with Crippen LogP contribution in [0.5, 0.6) is 5.75 Å². The molecule has 0 amide bonds. The average Bonchev–Trinajstić information content (AvgIpc) is 3.39. The number of rotatable bonds is 6. The largest absolute Gasteiger partial charge is 0.579 e. The van der Waals surface area contributed by atoms with Crippen molar-refractivity contribution in [2.24, 2.45) is 0 Å². The van der Waals surface area contributed by atoms with Crippen molar-refractivity contribution in [1.29, 1.82) is 0 Å². The molecule has 0 spiro atoms. The number of hydrogen-bond acceptors (Lipinski definition) is 9. The Hall–Kier alpha value is -3.19. The smallest absolute Gasteiger partial charge is 0.306 e. The monoisotopic (exact) mass is 457 g/mol. The number of oxazole rings is 1. The van der Waals surface area contributed by atoms with Crippen molar-refractivity contribution in [1.82, 2.24) is 28.4 Å². The first-order valence-electron chi connectivity index (χ1n) is 10.0. The highest BCUT2D eigenvalue weighted by Gasteiger charge is 2.24. The number of aromatic hydroxyl groups is 1. The first-order valence-corrected chi connectivity index (χ1v) is 11.1. The average molecular weight is 457 g/mol. The van der Waals surface area contributed by atoms with Gasteiger partial charge in [0.2, 0.25) is 5.95 Å². The van der Waals surface area contributed by atoms with Gasteiger partial charge in [0.1, 0.15) is 29.2 Å². The minimum Gasteiger partial charge on any atom is -0.579 e. The fourth-order valence-corrected chi connectivity index (χ4v) is 4.60. The first kappa shape index (κ1) is 20.7. The minimum atomic E-state index is -1.17. The van der Waals surface area contributed by atoms with Gasteiger partial charge < -0.3 is 19.4 Å². The molecule has 1 saturated heterocycles. The van der Waals surface area contributed by atoms with E-state index in [1.165, 1.54) is 24.5 Å². The molecule has 166 valence electrons. The van der Waals surface area contributed by atoms with Crippen LogP contribution in [0.15, 0.2) is 47.3 Å². The Balaban J connectivity index is 1.43. The Labute approximate surface area is 185 Å². The maximum atomic E-state index is 13.6. The molecule has 1 aliphatic rings. The summed E-state index contributed by atoms with van der Waals surface area (Å²) in [7, 11) is 0. The van der Waals surface area contributed by atoms with E-state index in [-0.39, 0.29) is 0 Å². The van der Waals surface area contributed by atoms with Crippen LogP contribution in [0.25, 0.3) is 28.5 Å². The summed E-state index contributed by atoms with van der Waals surface area (Å²) in [5.74, 6) is -0.430. The van der Waals surface area contributed by atoms with Crippen LogP contribution in [0, 0.1) is 5.82 Å². The van der Waals surface area contributed by atoms with Crippen molar-refractivity contribution in [2.75, 3.05) is 31.5 Å². The van der Waals surface area contributed by atoms with Crippen molar-refractivity contribution >= 4 is 23.3 Å². The highest BCUT2D eigenvalue weighted by atomic mass is 32.2. The van der Waals surface area contributed by atoms with Gasteiger partial charge in [-0.25, -0.2) is 14.4 Å². The van der Waals surface area contributed by atoms with Crippen LogP contribution in [0.4, 0.5) is 10.3 Å². The maximum Gasteiger partial charge on any atom is 0.306 e. The molecule has 0 radical (unpaired) electrons. The van der Waals surface area contributed by atoms with Gasteiger partial charge in [-0.1, -0.05) is 0 Å². The number of nitrogens with one attached hydrogen (secondary N) is 2. The van der Waals surface area contributed by atoms with Crippen LogP contribution in [-0.4, -0.2) is 59.5 Å². The number of phenols is 1. The van der Waals surface area contributed by atoms with Gasteiger partial charge >= 0.3 is 5.84 Å². The van der Waals surface area contributed by atoms with Gasteiger partial charge in [0, 0.05) is 37.6 Å². The summed E-state index contributed by atoms with van der Waals surface area (Å²) in [6.07, 6.45) is 5.78. The molecule has 4 heterocycles. The first-order chi connectivity index (χ1) is 15.6. The number of halogens is 1. The van der Waals surface area contributed by atoms with E-state index >= 15 is 0 Å². The topological polar surface area (TPSA) is 127 Å². The Morgan fingerprint density at radius 2 is 2.22 bits per heavy atom. The Kier molecular flexibility index (Phi) is 5.66. The van der Waals surface area contributed by atoms with E-state index in [4.69, 9.17) is 4.42 Å². The van der Waals surface area contributed by atoms with Gasteiger partial charge in [-0.3, -0.25) is 4.40 Å². The number of fused-ring (bicyclic) bond motifs is 1. The Morgan fingerprint density at radius 3 is 3.06 bits per heavy atom. The molecule has 0 bridgehead atoms. The number of aromatic nitrogens is 4. The summed E-state index contributed by atoms with van der Waals surface area (Å²) >= 11 is -1.17. The second kappa shape index (κ2) is 8.74. The molecule has 12 heteroatoms. The maximum absolute atomic E-state index is 13.6. The summed E-state index contributed by atoms with van der Waals surface area (Å²) < 4.78 is 37.5. The quantitative estimate of drug-likeness (QED) is 0.373.